The van der Waals surface area contributed by atoms with Crippen molar-refractivity contribution in [1.29, 1.82) is 0 Å². The second-order valence-corrected chi connectivity index (χ2v) is 5.33. The lowest BCUT2D eigenvalue weighted by Crippen LogP contribution is -2.01. The van der Waals surface area contributed by atoms with E-state index in [9.17, 15) is 23.7 Å². The third-order valence-electron chi connectivity index (χ3n) is 3.73. The van der Waals surface area contributed by atoms with Gasteiger partial charge in [-0.2, -0.15) is 0 Å². The van der Waals surface area contributed by atoms with Crippen LogP contribution in [0, 0.1) is 21.7 Å². The molecule has 0 aliphatic carbocycles. The Morgan fingerprint density at radius 2 is 1.40 bits per heavy atom. The maximum atomic E-state index is 13.8. The van der Waals surface area contributed by atoms with Crippen molar-refractivity contribution >= 4 is 11.5 Å². The molecule has 0 aliphatic heterocycles. The number of nitrogens with zero attached hydrogens (tertiary/aromatic N) is 1. The Kier molecular flexibility index (Phi) is 4.35. The second kappa shape index (κ2) is 6.60. The Bertz CT molecular complexity index is 951. The Morgan fingerprint density at radius 3 is 1.92 bits per heavy atom. The average Bonchev–Trinajstić information content (AvgIpc) is 2.61. The van der Waals surface area contributed by atoms with E-state index in [2.05, 4.69) is 0 Å². The molecule has 0 heterocycles. The van der Waals surface area contributed by atoms with Crippen molar-refractivity contribution in [3.8, 4) is 11.1 Å². The Labute approximate surface area is 141 Å². The highest BCUT2D eigenvalue weighted by molar-refractivity contribution is 6.09. The molecule has 124 valence electrons. The van der Waals surface area contributed by atoms with Gasteiger partial charge in [0.1, 0.15) is 11.6 Å². The molecule has 0 bridgehead atoms. The first-order chi connectivity index (χ1) is 12.0. The summed E-state index contributed by atoms with van der Waals surface area (Å²) in [6.07, 6.45) is 0. The molecule has 0 aromatic heterocycles. The fourth-order valence-electron chi connectivity index (χ4n) is 2.43. The molecule has 0 saturated carbocycles. The maximum absolute atomic E-state index is 13.8. The van der Waals surface area contributed by atoms with Gasteiger partial charge in [0.2, 0.25) is 0 Å². The molecule has 0 amide bonds. The summed E-state index contributed by atoms with van der Waals surface area (Å²) >= 11 is 0. The summed E-state index contributed by atoms with van der Waals surface area (Å²) in [7, 11) is 0. The van der Waals surface area contributed by atoms with Gasteiger partial charge in [-0.15, -0.1) is 0 Å². The minimum absolute atomic E-state index is 0.0984. The Hall–Kier alpha value is -3.41. The number of benzene rings is 3. The normalized spacial score (nSPS) is 10.5. The molecule has 0 spiro atoms. The van der Waals surface area contributed by atoms with Crippen molar-refractivity contribution in [3.05, 3.63) is 99.6 Å². The van der Waals surface area contributed by atoms with Crippen LogP contribution in [-0.4, -0.2) is 10.7 Å². The molecule has 0 radical (unpaired) electrons. The number of hydrogen-bond donors (Lipinski definition) is 0. The molecule has 0 N–H and O–H groups in total. The molecule has 0 saturated heterocycles. The molecule has 0 fully saturated rings. The van der Waals surface area contributed by atoms with Crippen LogP contribution in [0.1, 0.15) is 15.9 Å². The van der Waals surface area contributed by atoms with Gasteiger partial charge in [-0.3, -0.25) is 14.9 Å². The zero-order chi connectivity index (χ0) is 18.0. The van der Waals surface area contributed by atoms with E-state index in [0.29, 0.717) is 16.7 Å². The lowest BCUT2D eigenvalue weighted by atomic mass is 9.99. The van der Waals surface area contributed by atoms with E-state index in [1.54, 1.807) is 12.1 Å². The number of carbonyl (C=O) groups excluding carboxylic acids is 1. The zero-order valence-electron chi connectivity index (χ0n) is 12.8. The van der Waals surface area contributed by atoms with Crippen molar-refractivity contribution in [1.82, 2.24) is 0 Å². The molecule has 25 heavy (non-hydrogen) atoms. The van der Waals surface area contributed by atoms with Crippen molar-refractivity contribution in [2.75, 3.05) is 0 Å². The molecule has 0 atom stereocenters. The van der Waals surface area contributed by atoms with Gasteiger partial charge < -0.3 is 0 Å². The number of hydrogen-bond acceptors (Lipinski definition) is 3. The number of nitro benzene ring substituents is 1. The number of halogens is 2. The van der Waals surface area contributed by atoms with Gasteiger partial charge in [-0.05, 0) is 29.8 Å². The highest BCUT2D eigenvalue weighted by Gasteiger charge is 2.13. The third-order valence-corrected chi connectivity index (χ3v) is 3.73. The van der Waals surface area contributed by atoms with Gasteiger partial charge in [0.15, 0.2) is 5.78 Å². The van der Waals surface area contributed by atoms with E-state index < -0.39 is 16.6 Å². The number of non-ortho nitro benzene ring substituents is 1. The maximum Gasteiger partial charge on any atom is 0.269 e. The van der Waals surface area contributed by atoms with Crippen LogP contribution in [-0.2, 0) is 0 Å². The molecule has 3 aromatic rings. The molecule has 3 rings (SSSR count). The SMILES string of the molecule is O=C(c1ccc(-c2ccc(F)cc2F)cc1)c1ccc([N+](=O)[O-])cc1. The monoisotopic (exact) mass is 339 g/mol. The second-order valence-electron chi connectivity index (χ2n) is 5.33. The average molecular weight is 339 g/mol. The third kappa shape index (κ3) is 3.42. The predicted molar refractivity (Wildman–Crippen MR) is 88.3 cm³/mol. The van der Waals surface area contributed by atoms with Crippen LogP contribution >= 0.6 is 0 Å². The summed E-state index contributed by atoms with van der Waals surface area (Å²) in [6, 6.07) is 14.8. The lowest BCUT2D eigenvalue weighted by molar-refractivity contribution is -0.384. The lowest BCUT2D eigenvalue weighted by Gasteiger charge is -2.06. The fraction of sp³-hybridized carbons (Fsp3) is 0. The van der Waals surface area contributed by atoms with E-state index in [4.69, 9.17) is 0 Å². The van der Waals surface area contributed by atoms with Crippen LogP contribution in [0.3, 0.4) is 0 Å². The quantitative estimate of drug-likeness (QED) is 0.391. The van der Waals surface area contributed by atoms with Crippen molar-refractivity contribution < 1.29 is 18.5 Å². The van der Waals surface area contributed by atoms with E-state index in [0.717, 1.165) is 12.1 Å². The minimum atomic E-state index is -0.686. The van der Waals surface area contributed by atoms with Gasteiger partial charge in [-0.1, -0.05) is 24.3 Å². The summed E-state index contributed by atoms with van der Waals surface area (Å²) < 4.78 is 26.8. The molecule has 3 aromatic carbocycles. The van der Waals surface area contributed by atoms with Gasteiger partial charge in [0.25, 0.3) is 5.69 Å². The van der Waals surface area contributed by atoms with Gasteiger partial charge >= 0.3 is 0 Å². The highest BCUT2D eigenvalue weighted by atomic mass is 19.1. The van der Waals surface area contributed by atoms with E-state index in [1.807, 2.05) is 0 Å². The predicted octanol–water partition coefficient (Wildman–Crippen LogP) is 4.77. The van der Waals surface area contributed by atoms with Crippen LogP contribution < -0.4 is 0 Å². The van der Waals surface area contributed by atoms with Crippen LogP contribution in [0.15, 0.2) is 66.7 Å². The molecular formula is C19H11F2NO3. The van der Waals surface area contributed by atoms with Gasteiger partial charge in [0.05, 0.1) is 4.92 Å². The topological polar surface area (TPSA) is 60.2 Å². The summed E-state index contributed by atoms with van der Waals surface area (Å²) in [4.78, 5) is 22.5. The van der Waals surface area contributed by atoms with E-state index in [1.165, 1.54) is 42.5 Å². The largest absolute Gasteiger partial charge is 0.289 e. The summed E-state index contributed by atoms with van der Waals surface area (Å²) in [5.41, 5.74) is 1.32. The van der Waals surface area contributed by atoms with Crippen LogP contribution in [0.4, 0.5) is 14.5 Å². The van der Waals surface area contributed by atoms with Crippen LogP contribution in [0.2, 0.25) is 0 Å². The molecule has 6 heteroatoms. The number of carbonyl (C=O) groups is 1. The number of rotatable bonds is 4. The Morgan fingerprint density at radius 1 is 0.840 bits per heavy atom. The molecule has 4 nitrogen and oxygen atoms in total. The van der Waals surface area contributed by atoms with Gasteiger partial charge in [0, 0.05) is 34.9 Å². The minimum Gasteiger partial charge on any atom is -0.289 e. The molecule has 0 unspecified atom stereocenters. The first-order valence-corrected chi connectivity index (χ1v) is 7.30. The van der Waals surface area contributed by atoms with E-state index in [-0.39, 0.29) is 17.0 Å². The zero-order valence-corrected chi connectivity index (χ0v) is 12.8. The summed E-state index contributed by atoms with van der Waals surface area (Å²) in [6.45, 7) is 0. The van der Waals surface area contributed by atoms with Gasteiger partial charge in [-0.25, -0.2) is 8.78 Å². The summed E-state index contributed by atoms with van der Waals surface area (Å²) in [5.74, 6) is -1.65. The smallest absolute Gasteiger partial charge is 0.269 e. The number of nitro groups is 1. The summed E-state index contributed by atoms with van der Waals surface area (Å²) in [5, 5.41) is 10.6. The number of ketones is 1. The van der Waals surface area contributed by atoms with Crippen molar-refractivity contribution in [2.45, 2.75) is 0 Å². The van der Waals surface area contributed by atoms with E-state index >= 15 is 0 Å². The molecule has 0 aliphatic rings. The highest BCUT2D eigenvalue weighted by Crippen LogP contribution is 2.24. The molecular weight excluding hydrogens is 328 g/mol. The van der Waals surface area contributed by atoms with Crippen LogP contribution in [0.25, 0.3) is 11.1 Å². The van der Waals surface area contributed by atoms with Crippen LogP contribution in [0.5, 0.6) is 0 Å². The van der Waals surface area contributed by atoms with Crippen molar-refractivity contribution in [2.24, 2.45) is 0 Å². The first-order valence-electron chi connectivity index (χ1n) is 7.30. The first kappa shape index (κ1) is 16.4. The van der Waals surface area contributed by atoms with Crippen molar-refractivity contribution in [3.63, 3.8) is 0 Å². The Balaban J connectivity index is 1.86. The fourth-order valence-corrected chi connectivity index (χ4v) is 2.43. The standard InChI is InChI=1S/C19H11F2NO3/c20-15-7-10-17(18(21)11-15)12-1-3-13(4-2-12)19(23)14-5-8-16(9-6-14)22(24)25/h1-11H.